The van der Waals surface area contributed by atoms with Crippen molar-refractivity contribution in [2.45, 2.75) is 25.2 Å². The van der Waals surface area contributed by atoms with Crippen LogP contribution in [0.15, 0.2) is 59.5 Å². The molecule has 5 nitrogen and oxygen atoms in total. The van der Waals surface area contributed by atoms with Crippen molar-refractivity contribution in [3.8, 4) is 17.1 Å². The molecule has 0 bridgehead atoms. The molecule has 0 radical (unpaired) electrons. The van der Waals surface area contributed by atoms with Gasteiger partial charge in [-0.2, -0.15) is 0 Å². The van der Waals surface area contributed by atoms with Gasteiger partial charge in [0.05, 0.1) is 12.1 Å². The number of benzene rings is 2. The minimum atomic E-state index is -0.246. The molecule has 126 valence electrons. The smallest absolute Gasteiger partial charge is 0.231 e. The number of carbonyl (C=O) groups is 1. The molecule has 0 saturated carbocycles. The highest BCUT2D eigenvalue weighted by Gasteiger charge is 2.28. The second kappa shape index (κ2) is 6.43. The Hall–Kier alpha value is -3.08. The number of phenolic OH excluding ortho intramolecular Hbond substituents is 1. The lowest BCUT2D eigenvalue weighted by atomic mass is 9.82. The molecule has 1 amide bonds. The third-order valence-corrected chi connectivity index (χ3v) is 4.65. The summed E-state index contributed by atoms with van der Waals surface area (Å²) in [5, 5.41) is 13.0. The van der Waals surface area contributed by atoms with E-state index < -0.39 is 0 Å². The predicted molar refractivity (Wildman–Crippen MR) is 94.4 cm³/mol. The lowest BCUT2D eigenvalue weighted by Gasteiger charge is -2.25. The van der Waals surface area contributed by atoms with Crippen LogP contribution < -0.4 is 5.32 Å². The fourth-order valence-electron chi connectivity index (χ4n) is 3.44. The molecule has 1 aliphatic carbocycles. The fourth-order valence-corrected chi connectivity index (χ4v) is 3.44. The van der Waals surface area contributed by atoms with Crippen LogP contribution in [0.3, 0.4) is 0 Å². The number of anilines is 1. The first-order valence-electron chi connectivity index (χ1n) is 8.33. The van der Waals surface area contributed by atoms with Crippen LogP contribution in [0.5, 0.6) is 5.75 Å². The molecular formula is C20H18N2O3. The molecule has 0 aliphatic heterocycles. The fraction of sp³-hybridized carbons (Fsp3) is 0.200. The first kappa shape index (κ1) is 15.4. The quantitative estimate of drug-likeness (QED) is 0.756. The molecule has 2 aromatic carbocycles. The highest BCUT2D eigenvalue weighted by molar-refractivity contribution is 5.96. The third kappa shape index (κ3) is 3.01. The Bertz CT molecular complexity index is 903. The molecule has 4 rings (SSSR count). The van der Waals surface area contributed by atoms with Crippen molar-refractivity contribution in [3.05, 3.63) is 66.2 Å². The molecule has 5 heteroatoms. The van der Waals surface area contributed by atoms with Crippen molar-refractivity contribution >= 4 is 11.6 Å². The summed E-state index contributed by atoms with van der Waals surface area (Å²) < 4.78 is 5.30. The average molecular weight is 334 g/mol. The van der Waals surface area contributed by atoms with Gasteiger partial charge in [0.25, 0.3) is 0 Å². The molecular weight excluding hydrogens is 316 g/mol. The highest BCUT2D eigenvalue weighted by Crippen LogP contribution is 2.37. The molecule has 0 saturated heterocycles. The zero-order chi connectivity index (χ0) is 17.2. The van der Waals surface area contributed by atoms with Gasteiger partial charge in [0.1, 0.15) is 5.75 Å². The summed E-state index contributed by atoms with van der Waals surface area (Å²) in [5.74, 6) is 0.636. The van der Waals surface area contributed by atoms with E-state index in [-0.39, 0.29) is 17.6 Å². The first-order valence-corrected chi connectivity index (χ1v) is 8.33. The standard InChI is InChI=1S/C20H18N2O3/c23-18-9-3-6-15-16(18)7-2-8-17(15)20(24)22-14-5-1-4-13(10-14)19-11-21-12-25-19/h1,3-6,9-12,17,23H,2,7-8H2,(H,22,24). The van der Waals surface area contributed by atoms with Gasteiger partial charge in [-0.1, -0.05) is 24.3 Å². The summed E-state index contributed by atoms with van der Waals surface area (Å²) in [6, 6.07) is 12.9. The zero-order valence-electron chi connectivity index (χ0n) is 13.6. The van der Waals surface area contributed by atoms with Crippen molar-refractivity contribution < 1.29 is 14.3 Å². The van der Waals surface area contributed by atoms with Gasteiger partial charge in [-0.25, -0.2) is 4.98 Å². The number of aromatic hydroxyl groups is 1. The third-order valence-electron chi connectivity index (χ3n) is 4.65. The van der Waals surface area contributed by atoms with E-state index in [9.17, 15) is 9.90 Å². The first-order chi connectivity index (χ1) is 12.2. The molecule has 0 fully saturated rings. The molecule has 3 aromatic rings. The lowest BCUT2D eigenvalue weighted by molar-refractivity contribution is -0.117. The van der Waals surface area contributed by atoms with E-state index >= 15 is 0 Å². The number of phenols is 1. The van der Waals surface area contributed by atoms with Crippen molar-refractivity contribution in [3.63, 3.8) is 0 Å². The molecule has 1 unspecified atom stereocenters. The van der Waals surface area contributed by atoms with Crippen molar-refractivity contribution in [1.29, 1.82) is 0 Å². The largest absolute Gasteiger partial charge is 0.508 e. The molecule has 1 aromatic heterocycles. The van der Waals surface area contributed by atoms with E-state index in [4.69, 9.17) is 4.42 Å². The summed E-state index contributed by atoms with van der Waals surface area (Å²) in [5.41, 5.74) is 3.39. The molecule has 0 spiro atoms. The molecule has 2 N–H and O–H groups in total. The Morgan fingerprint density at radius 2 is 2.12 bits per heavy atom. The number of nitrogens with zero attached hydrogens (tertiary/aromatic N) is 1. The van der Waals surface area contributed by atoms with Crippen molar-refractivity contribution in [2.24, 2.45) is 0 Å². The van der Waals surface area contributed by atoms with Crippen LogP contribution >= 0.6 is 0 Å². The van der Waals surface area contributed by atoms with Gasteiger partial charge in [0.2, 0.25) is 5.91 Å². The summed E-state index contributed by atoms with van der Waals surface area (Å²) in [4.78, 5) is 16.7. The maximum absolute atomic E-state index is 12.8. The van der Waals surface area contributed by atoms with E-state index in [0.717, 1.165) is 36.0 Å². The normalized spacial score (nSPS) is 16.2. The number of hydrogen-bond donors (Lipinski definition) is 2. The minimum absolute atomic E-state index is 0.0544. The van der Waals surface area contributed by atoms with Crippen LogP contribution in [0, 0.1) is 0 Å². The summed E-state index contributed by atoms with van der Waals surface area (Å²) in [6.45, 7) is 0. The monoisotopic (exact) mass is 334 g/mol. The predicted octanol–water partition coefficient (Wildman–Crippen LogP) is 4.11. The van der Waals surface area contributed by atoms with Crippen LogP contribution in [0.4, 0.5) is 5.69 Å². The number of hydrogen-bond acceptors (Lipinski definition) is 4. The number of nitrogens with one attached hydrogen (secondary N) is 1. The minimum Gasteiger partial charge on any atom is -0.508 e. The summed E-state index contributed by atoms with van der Waals surface area (Å²) >= 11 is 0. The average Bonchev–Trinajstić information content (AvgIpc) is 3.17. The van der Waals surface area contributed by atoms with Gasteiger partial charge in [-0.05, 0) is 48.6 Å². The van der Waals surface area contributed by atoms with Gasteiger partial charge >= 0.3 is 0 Å². The number of oxazole rings is 1. The van der Waals surface area contributed by atoms with Gasteiger partial charge in [-0.15, -0.1) is 0 Å². The van der Waals surface area contributed by atoms with Crippen molar-refractivity contribution in [2.75, 3.05) is 5.32 Å². The van der Waals surface area contributed by atoms with Crippen LogP contribution in [-0.4, -0.2) is 16.0 Å². The van der Waals surface area contributed by atoms with Gasteiger partial charge in [0.15, 0.2) is 12.2 Å². The number of aromatic nitrogens is 1. The van der Waals surface area contributed by atoms with E-state index in [2.05, 4.69) is 10.3 Å². The number of carbonyl (C=O) groups excluding carboxylic acids is 1. The van der Waals surface area contributed by atoms with Gasteiger partial charge in [-0.3, -0.25) is 4.79 Å². The maximum atomic E-state index is 12.8. The SMILES string of the molecule is O=C(Nc1cccc(-c2cnco2)c1)C1CCCc2c(O)cccc21. The second-order valence-corrected chi connectivity index (χ2v) is 6.23. The summed E-state index contributed by atoms with van der Waals surface area (Å²) in [6.07, 6.45) is 5.50. The van der Waals surface area contributed by atoms with E-state index in [1.165, 1.54) is 6.39 Å². The van der Waals surface area contributed by atoms with Crippen LogP contribution in [-0.2, 0) is 11.2 Å². The maximum Gasteiger partial charge on any atom is 0.231 e. The number of amides is 1. The van der Waals surface area contributed by atoms with Gasteiger partial charge in [0, 0.05) is 11.3 Å². The molecule has 1 aliphatic rings. The van der Waals surface area contributed by atoms with Crippen LogP contribution in [0.2, 0.25) is 0 Å². The van der Waals surface area contributed by atoms with E-state index in [1.54, 1.807) is 18.3 Å². The second-order valence-electron chi connectivity index (χ2n) is 6.23. The Balaban J connectivity index is 1.58. The van der Waals surface area contributed by atoms with Crippen LogP contribution in [0.1, 0.15) is 29.9 Å². The molecule has 1 heterocycles. The van der Waals surface area contributed by atoms with E-state index in [1.807, 2.05) is 30.3 Å². The Labute approximate surface area is 145 Å². The summed E-state index contributed by atoms with van der Waals surface area (Å²) in [7, 11) is 0. The molecule has 25 heavy (non-hydrogen) atoms. The highest BCUT2D eigenvalue weighted by atomic mass is 16.3. The number of rotatable bonds is 3. The topological polar surface area (TPSA) is 75.4 Å². The number of fused-ring (bicyclic) bond motifs is 1. The van der Waals surface area contributed by atoms with Crippen molar-refractivity contribution in [1.82, 2.24) is 4.98 Å². The lowest BCUT2D eigenvalue weighted by Crippen LogP contribution is -2.24. The Morgan fingerprint density at radius 1 is 1.24 bits per heavy atom. The Morgan fingerprint density at radius 3 is 2.96 bits per heavy atom. The van der Waals surface area contributed by atoms with E-state index in [0.29, 0.717) is 11.4 Å². The zero-order valence-corrected chi connectivity index (χ0v) is 13.6. The van der Waals surface area contributed by atoms with Crippen LogP contribution in [0.25, 0.3) is 11.3 Å². The molecule has 1 atom stereocenters. The Kier molecular flexibility index (Phi) is 3.98. The van der Waals surface area contributed by atoms with Gasteiger partial charge < -0.3 is 14.8 Å².